The Morgan fingerprint density at radius 1 is 1.08 bits per heavy atom. The van der Waals surface area contributed by atoms with Gasteiger partial charge in [-0.25, -0.2) is 0 Å². The van der Waals surface area contributed by atoms with Crippen molar-refractivity contribution in [2.24, 2.45) is 0 Å². The minimum absolute atomic E-state index is 0.0730. The van der Waals surface area contributed by atoms with Crippen LogP contribution in [0.2, 0.25) is 0 Å². The summed E-state index contributed by atoms with van der Waals surface area (Å²) in [5.41, 5.74) is 0. The summed E-state index contributed by atoms with van der Waals surface area (Å²) < 4.78 is 0. The molecule has 0 unspecified atom stereocenters. The van der Waals surface area contributed by atoms with E-state index in [9.17, 15) is 0 Å². The highest BCUT2D eigenvalue weighted by molar-refractivity contribution is 4.80. The van der Waals surface area contributed by atoms with Gasteiger partial charge >= 0.3 is 5.97 Å². The molecule has 0 aromatic carbocycles. The Morgan fingerprint density at radius 2 is 1.50 bits per heavy atom. The van der Waals surface area contributed by atoms with Gasteiger partial charge in [0.15, 0.2) is 0 Å². The molecule has 0 spiro atoms. The van der Waals surface area contributed by atoms with Crippen molar-refractivity contribution in [3.8, 4) is 0 Å². The third-order valence-electron chi connectivity index (χ3n) is 1.52. The summed E-state index contributed by atoms with van der Waals surface area (Å²) in [4.78, 5) is 0. The van der Waals surface area contributed by atoms with E-state index in [0.717, 1.165) is 0 Å². The van der Waals surface area contributed by atoms with Crippen LogP contribution in [0.1, 0.15) is 19.8 Å². The Balaban J connectivity index is 4.38. The zero-order valence-electron chi connectivity index (χ0n) is 6.67. The van der Waals surface area contributed by atoms with Gasteiger partial charge in [0.1, 0.15) is 6.10 Å². The van der Waals surface area contributed by atoms with Crippen LogP contribution in [-0.2, 0) is 0 Å². The van der Waals surface area contributed by atoms with Crippen molar-refractivity contribution in [2.75, 3.05) is 0 Å². The van der Waals surface area contributed by atoms with Gasteiger partial charge in [0.25, 0.3) is 5.79 Å². The third-order valence-corrected chi connectivity index (χ3v) is 1.52. The van der Waals surface area contributed by atoms with E-state index in [2.05, 4.69) is 0 Å². The number of aliphatic hydroxyl groups is 6. The van der Waals surface area contributed by atoms with Crippen LogP contribution in [0.5, 0.6) is 0 Å². The van der Waals surface area contributed by atoms with E-state index < -0.39 is 17.9 Å². The van der Waals surface area contributed by atoms with Crippen molar-refractivity contribution in [3.63, 3.8) is 0 Å². The van der Waals surface area contributed by atoms with Crippen LogP contribution < -0.4 is 0 Å². The molecule has 0 amide bonds. The molecule has 12 heavy (non-hydrogen) atoms. The van der Waals surface area contributed by atoms with Crippen LogP contribution in [0.4, 0.5) is 0 Å². The van der Waals surface area contributed by atoms with Gasteiger partial charge in [-0.05, 0) is 6.42 Å². The fourth-order valence-corrected chi connectivity index (χ4v) is 0.698. The molecule has 0 aliphatic rings. The summed E-state index contributed by atoms with van der Waals surface area (Å²) in [6, 6.07) is 0. The number of rotatable bonds is 4. The second kappa shape index (κ2) is 3.65. The minimum atomic E-state index is -3.72. The van der Waals surface area contributed by atoms with Crippen LogP contribution >= 0.6 is 0 Å². The molecule has 0 aliphatic carbocycles. The largest absolute Gasteiger partial charge is 0.387 e. The summed E-state index contributed by atoms with van der Waals surface area (Å²) in [6.45, 7) is 1.65. The Hall–Kier alpha value is -0.240. The van der Waals surface area contributed by atoms with E-state index in [-0.39, 0.29) is 6.42 Å². The van der Waals surface area contributed by atoms with Gasteiger partial charge in [-0.3, -0.25) is 0 Å². The fourth-order valence-electron chi connectivity index (χ4n) is 0.698. The molecule has 74 valence electrons. The first kappa shape index (κ1) is 11.8. The molecule has 6 N–H and O–H groups in total. The van der Waals surface area contributed by atoms with Crippen molar-refractivity contribution in [2.45, 2.75) is 37.6 Å². The van der Waals surface area contributed by atoms with Gasteiger partial charge in [-0.2, -0.15) is 0 Å². The first-order valence-electron chi connectivity index (χ1n) is 3.53. The maximum absolute atomic E-state index is 8.93. The average molecular weight is 182 g/mol. The first-order valence-corrected chi connectivity index (χ1v) is 3.53. The van der Waals surface area contributed by atoms with Crippen molar-refractivity contribution in [1.29, 1.82) is 0 Å². The zero-order chi connectivity index (χ0) is 9.99. The highest BCUT2D eigenvalue weighted by Gasteiger charge is 2.51. The first-order chi connectivity index (χ1) is 5.23. The predicted molar refractivity (Wildman–Crippen MR) is 37.5 cm³/mol. The molecule has 6 nitrogen and oxygen atoms in total. The highest BCUT2D eigenvalue weighted by atomic mass is 16.7. The van der Waals surface area contributed by atoms with E-state index in [1.165, 1.54) is 0 Å². The summed E-state index contributed by atoms with van der Waals surface area (Å²) in [5, 5.41) is 51.7. The minimum Gasteiger partial charge on any atom is -0.387 e. The van der Waals surface area contributed by atoms with E-state index in [4.69, 9.17) is 30.6 Å². The maximum Gasteiger partial charge on any atom is 0.335 e. The molecule has 0 saturated heterocycles. The smallest absolute Gasteiger partial charge is 0.335 e. The summed E-state index contributed by atoms with van der Waals surface area (Å²) in [5.74, 6) is -7.05. The van der Waals surface area contributed by atoms with Crippen LogP contribution in [0.3, 0.4) is 0 Å². The highest BCUT2D eigenvalue weighted by Crippen LogP contribution is 2.21. The zero-order valence-corrected chi connectivity index (χ0v) is 6.67. The van der Waals surface area contributed by atoms with Crippen molar-refractivity contribution in [3.05, 3.63) is 0 Å². The van der Waals surface area contributed by atoms with E-state index in [1.54, 1.807) is 6.92 Å². The molecule has 0 bridgehead atoms. The summed E-state index contributed by atoms with van der Waals surface area (Å²) >= 11 is 0. The second-order valence-electron chi connectivity index (χ2n) is 2.67. The lowest BCUT2D eigenvalue weighted by molar-refractivity contribution is -0.464. The number of hydrogen-bond donors (Lipinski definition) is 6. The molecule has 0 rings (SSSR count). The average Bonchev–Trinajstić information content (AvgIpc) is 1.85. The quantitative estimate of drug-likeness (QED) is 0.266. The molecule has 6 heteroatoms. The molecule has 0 heterocycles. The van der Waals surface area contributed by atoms with Gasteiger partial charge in [0, 0.05) is 0 Å². The predicted octanol–water partition coefficient (Wildman–Crippen LogP) is -2.54. The fraction of sp³-hybridized carbons (Fsp3) is 1.00. The topological polar surface area (TPSA) is 121 Å². The number of hydrogen-bond acceptors (Lipinski definition) is 6. The molecule has 0 fully saturated rings. The lowest BCUT2D eigenvalue weighted by atomic mass is 10.0. The van der Waals surface area contributed by atoms with Gasteiger partial charge in [0.05, 0.1) is 0 Å². The van der Waals surface area contributed by atoms with Gasteiger partial charge in [-0.15, -0.1) is 0 Å². The summed E-state index contributed by atoms with van der Waals surface area (Å²) in [6.07, 6.45) is -1.49. The van der Waals surface area contributed by atoms with Crippen LogP contribution in [-0.4, -0.2) is 48.5 Å². The standard InChI is InChI=1S/C6H14O6/c1-2-3-4(7)5(8,9)6(10,11)12/h4,7-12H,2-3H2,1H3/t4-/m1/s1. The van der Waals surface area contributed by atoms with Crippen LogP contribution in [0.15, 0.2) is 0 Å². The SMILES string of the molecule is CCC[C@@H](O)C(O)(O)C(O)(O)O. The van der Waals surface area contributed by atoms with Crippen molar-refractivity contribution < 1.29 is 30.6 Å². The van der Waals surface area contributed by atoms with Crippen LogP contribution in [0, 0.1) is 0 Å². The lowest BCUT2D eigenvalue weighted by Gasteiger charge is -2.33. The molecule has 0 saturated carbocycles. The maximum atomic E-state index is 8.93. The Morgan fingerprint density at radius 3 is 1.75 bits per heavy atom. The van der Waals surface area contributed by atoms with Gasteiger partial charge in [0.2, 0.25) is 0 Å². The van der Waals surface area contributed by atoms with E-state index in [1.807, 2.05) is 0 Å². The number of aliphatic hydroxyl groups excluding tert-OH is 1. The van der Waals surface area contributed by atoms with E-state index >= 15 is 0 Å². The molecular weight excluding hydrogens is 168 g/mol. The van der Waals surface area contributed by atoms with Crippen LogP contribution in [0.25, 0.3) is 0 Å². The normalized spacial score (nSPS) is 16.2. The Kier molecular flexibility index (Phi) is 3.58. The molecule has 1 atom stereocenters. The second-order valence-corrected chi connectivity index (χ2v) is 2.67. The molecule has 0 aromatic heterocycles. The van der Waals surface area contributed by atoms with Gasteiger partial charge < -0.3 is 30.6 Å². The third kappa shape index (κ3) is 2.37. The Labute approximate surface area is 69.3 Å². The van der Waals surface area contributed by atoms with Crippen molar-refractivity contribution in [1.82, 2.24) is 0 Å². The molecular formula is C6H14O6. The van der Waals surface area contributed by atoms with Gasteiger partial charge in [-0.1, -0.05) is 13.3 Å². The molecule has 0 radical (unpaired) electrons. The van der Waals surface area contributed by atoms with E-state index in [0.29, 0.717) is 6.42 Å². The lowest BCUT2D eigenvalue weighted by Crippen LogP contribution is -2.61. The summed E-state index contributed by atoms with van der Waals surface area (Å²) in [7, 11) is 0. The Bertz CT molecular complexity index is 137. The molecule has 0 aliphatic heterocycles. The monoisotopic (exact) mass is 182 g/mol. The molecule has 0 aromatic rings. The van der Waals surface area contributed by atoms with Crippen molar-refractivity contribution >= 4 is 0 Å².